The van der Waals surface area contributed by atoms with Gasteiger partial charge in [0.1, 0.15) is 11.5 Å². The fourth-order valence-corrected chi connectivity index (χ4v) is 7.30. The number of hydrogen-bond donors (Lipinski definition) is 0. The molecule has 7 rings (SSSR count). The molecule has 0 aromatic heterocycles. The van der Waals surface area contributed by atoms with E-state index in [1.54, 1.807) is 60.7 Å². The van der Waals surface area contributed by atoms with E-state index in [1.165, 1.54) is 6.92 Å². The first-order chi connectivity index (χ1) is 20.3. The van der Waals surface area contributed by atoms with Crippen molar-refractivity contribution in [2.75, 3.05) is 4.90 Å². The van der Waals surface area contributed by atoms with E-state index in [2.05, 4.69) is 15.9 Å². The lowest BCUT2D eigenvalue weighted by Gasteiger charge is -2.37. The highest BCUT2D eigenvalue weighted by molar-refractivity contribution is 9.10. The van der Waals surface area contributed by atoms with Crippen LogP contribution in [0, 0.1) is 5.41 Å². The van der Waals surface area contributed by atoms with Crippen LogP contribution in [0.1, 0.15) is 55.0 Å². The molecule has 1 saturated heterocycles. The van der Waals surface area contributed by atoms with Gasteiger partial charge in [0, 0.05) is 39.6 Å². The van der Waals surface area contributed by atoms with Gasteiger partial charge in [-0.2, -0.15) is 0 Å². The van der Waals surface area contributed by atoms with Crippen LogP contribution in [0.2, 0.25) is 0 Å². The predicted molar refractivity (Wildman–Crippen MR) is 162 cm³/mol. The van der Waals surface area contributed by atoms with Crippen molar-refractivity contribution in [3.8, 4) is 5.75 Å². The van der Waals surface area contributed by atoms with Crippen LogP contribution in [0.5, 0.6) is 5.75 Å². The minimum absolute atomic E-state index is 0.235. The average Bonchev–Trinajstić information content (AvgIpc) is 3.43. The van der Waals surface area contributed by atoms with Crippen molar-refractivity contribution in [3.63, 3.8) is 0 Å². The second-order valence-corrected chi connectivity index (χ2v) is 11.7. The van der Waals surface area contributed by atoms with E-state index in [0.717, 1.165) is 10.0 Å². The molecular weight excluding hydrogens is 594 g/mol. The summed E-state index contributed by atoms with van der Waals surface area (Å²) in [4.78, 5) is 58.2. The lowest BCUT2D eigenvalue weighted by molar-refractivity contribution is -0.131. The highest BCUT2D eigenvalue weighted by Gasteiger charge is 2.71. The molecule has 0 radical (unpaired) electrons. The van der Waals surface area contributed by atoms with Gasteiger partial charge in [0.25, 0.3) is 0 Å². The van der Waals surface area contributed by atoms with Crippen molar-refractivity contribution in [1.29, 1.82) is 0 Å². The van der Waals surface area contributed by atoms with Crippen molar-refractivity contribution in [1.82, 2.24) is 0 Å². The molecule has 3 atom stereocenters. The Morgan fingerprint density at radius 1 is 0.810 bits per heavy atom. The van der Waals surface area contributed by atoms with E-state index in [1.807, 2.05) is 53.5 Å². The third-order valence-electron chi connectivity index (χ3n) is 8.60. The number of Topliss-reactive ketones (excluding diaryl/α,β-unsaturated/α-hetero) is 3. The van der Waals surface area contributed by atoms with Crippen LogP contribution in [0.4, 0.5) is 5.69 Å². The van der Waals surface area contributed by atoms with Crippen molar-refractivity contribution in [3.05, 3.63) is 135 Å². The first-order valence-electron chi connectivity index (χ1n) is 13.7. The zero-order chi connectivity index (χ0) is 29.2. The molecule has 0 saturated carbocycles. The Bertz CT molecular complexity index is 1790. The Balaban J connectivity index is 1.57. The summed E-state index contributed by atoms with van der Waals surface area (Å²) >= 11 is 3.50. The molecular formula is C35H24BrNO5. The Hall–Kier alpha value is -4.62. The lowest BCUT2D eigenvalue weighted by atomic mass is 9.64. The minimum atomic E-state index is -1.63. The number of hydrogen-bond acceptors (Lipinski definition) is 6. The zero-order valence-electron chi connectivity index (χ0n) is 22.5. The number of halogens is 1. The largest absolute Gasteiger partial charge is 0.424 e. The van der Waals surface area contributed by atoms with Crippen molar-refractivity contribution >= 4 is 51.0 Å². The SMILES string of the molecule is CC(=O)Oc1cccc2c1N1[C@@H](C=C2)C2(C(=O)c3ccccc3C2=O)[C@@H](c2ccc(Br)cc2)[C@@H]1C(=O)c1ccccc1. The number of carbonyl (C=O) groups is 4. The van der Waals surface area contributed by atoms with Crippen LogP contribution >= 0.6 is 15.9 Å². The molecule has 0 bridgehead atoms. The van der Waals surface area contributed by atoms with Gasteiger partial charge in [-0.05, 0) is 23.8 Å². The van der Waals surface area contributed by atoms with E-state index >= 15 is 0 Å². The van der Waals surface area contributed by atoms with Gasteiger partial charge in [0.05, 0.1) is 11.7 Å². The van der Waals surface area contributed by atoms with Gasteiger partial charge >= 0.3 is 5.97 Å². The van der Waals surface area contributed by atoms with Gasteiger partial charge in [0.2, 0.25) is 0 Å². The number of carbonyl (C=O) groups excluding carboxylic acids is 4. The van der Waals surface area contributed by atoms with Crippen LogP contribution in [0.3, 0.4) is 0 Å². The number of fused-ring (bicyclic) bond motifs is 5. The Morgan fingerprint density at radius 3 is 2.10 bits per heavy atom. The quantitative estimate of drug-likeness (QED) is 0.110. The fourth-order valence-electron chi connectivity index (χ4n) is 7.04. The van der Waals surface area contributed by atoms with Gasteiger partial charge in [-0.25, -0.2) is 0 Å². The minimum Gasteiger partial charge on any atom is -0.424 e. The Labute approximate surface area is 250 Å². The molecule has 2 aliphatic heterocycles. The molecule has 0 N–H and O–H groups in total. The number of rotatable bonds is 4. The zero-order valence-corrected chi connectivity index (χ0v) is 24.1. The van der Waals surface area contributed by atoms with Crippen LogP contribution in [-0.2, 0) is 4.79 Å². The number of anilines is 1. The Morgan fingerprint density at radius 2 is 1.45 bits per heavy atom. The first kappa shape index (κ1) is 26.3. The number of para-hydroxylation sites is 1. The Kier molecular flexibility index (Phi) is 6.10. The molecule has 4 aromatic carbocycles. The number of nitrogens with zero attached hydrogens (tertiary/aromatic N) is 1. The highest BCUT2D eigenvalue weighted by atomic mass is 79.9. The predicted octanol–water partition coefficient (Wildman–Crippen LogP) is 6.69. The normalized spacial score (nSPS) is 21.2. The van der Waals surface area contributed by atoms with Crippen molar-refractivity contribution in [2.45, 2.75) is 24.9 Å². The van der Waals surface area contributed by atoms with Gasteiger partial charge in [-0.1, -0.05) is 107 Å². The van der Waals surface area contributed by atoms with Crippen LogP contribution in [-0.4, -0.2) is 35.4 Å². The molecule has 42 heavy (non-hydrogen) atoms. The van der Waals surface area contributed by atoms with Gasteiger partial charge in [-0.15, -0.1) is 0 Å². The topological polar surface area (TPSA) is 80.8 Å². The molecule has 0 amide bonds. The number of esters is 1. The maximum absolute atomic E-state index is 14.7. The maximum atomic E-state index is 14.7. The first-order valence-corrected chi connectivity index (χ1v) is 14.4. The lowest BCUT2D eigenvalue weighted by Crippen LogP contribution is -2.48. The van der Waals surface area contributed by atoms with E-state index in [9.17, 15) is 19.2 Å². The summed E-state index contributed by atoms with van der Waals surface area (Å²) in [5.41, 5.74) is 1.44. The average molecular weight is 618 g/mol. The summed E-state index contributed by atoms with van der Waals surface area (Å²) in [5, 5.41) is 0. The second-order valence-electron chi connectivity index (χ2n) is 10.8. The summed E-state index contributed by atoms with van der Waals surface area (Å²) in [7, 11) is 0. The summed E-state index contributed by atoms with van der Waals surface area (Å²) in [6.07, 6.45) is 3.70. The molecule has 7 heteroatoms. The molecule has 1 fully saturated rings. The van der Waals surface area contributed by atoms with Gasteiger partial charge < -0.3 is 9.64 Å². The van der Waals surface area contributed by atoms with E-state index in [4.69, 9.17) is 4.74 Å². The number of ether oxygens (including phenoxy) is 1. The summed E-state index contributed by atoms with van der Waals surface area (Å²) in [6.45, 7) is 1.32. The monoisotopic (exact) mass is 617 g/mol. The summed E-state index contributed by atoms with van der Waals surface area (Å²) in [6, 6.07) is 26.7. The van der Waals surface area contributed by atoms with Gasteiger partial charge in [0.15, 0.2) is 23.1 Å². The molecule has 4 aromatic rings. The molecule has 1 aliphatic carbocycles. The van der Waals surface area contributed by atoms with E-state index < -0.39 is 29.4 Å². The number of benzene rings is 4. The fraction of sp³-hybridized carbons (Fsp3) is 0.143. The molecule has 6 nitrogen and oxygen atoms in total. The summed E-state index contributed by atoms with van der Waals surface area (Å²) in [5.74, 6) is -1.96. The molecule has 2 heterocycles. The second kappa shape index (κ2) is 9.74. The van der Waals surface area contributed by atoms with E-state index in [-0.39, 0.29) is 23.1 Å². The molecule has 206 valence electrons. The standard InChI is InChI=1S/C35H24BrNO5/c1-20(38)42-27-13-7-10-22-16-19-28-35(33(40)25-11-5-6-12-26(25)34(35)41)29(21-14-17-24(36)18-15-21)31(37(28)30(22)27)32(39)23-8-3-2-4-9-23/h2-19,28-29,31H,1H3/t28-,29-,31+/m0/s1. The van der Waals surface area contributed by atoms with Crippen LogP contribution < -0.4 is 9.64 Å². The summed E-state index contributed by atoms with van der Waals surface area (Å²) < 4.78 is 6.51. The van der Waals surface area contributed by atoms with Crippen LogP contribution in [0.15, 0.2) is 108 Å². The molecule has 3 aliphatic rings. The molecule has 1 spiro atoms. The van der Waals surface area contributed by atoms with Gasteiger partial charge in [-0.3, -0.25) is 19.2 Å². The maximum Gasteiger partial charge on any atom is 0.308 e. The third-order valence-corrected chi connectivity index (χ3v) is 9.12. The van der Waals surface area contributed by atoms with Crippen LogP contribution in [0.25, 0.3) is 6.08 Å². The van der Waals surface area contributed by atoms with Crippen molar-refractivity contribution in [2.24, 2.45) is 5.41 Å². The smallest absolute Gasteiger partial charge is 0.308 e. The van der Waals surface area contributed by atoms with E-state index in [0.29, 0.717) is 27.9 Å². The third kappa shape index (κ3) is 3.63. The number of ketones is 3. The highest BCUT2D eigenvalue weighted by Crippen LogP contribution is 2.62. The van der Waals surface area contributed by atoms with Crippen molar-refractivity contribution < 1.29 is 23.9 Å². The molecule has 0 unspecified atom stereocenters.